The number of hydrogen-bond donors (Lipinski definition) is 2. The number of carbonyl (C=O) groups excluding carboxylic acids is 1. The largest absolute Gasteiger partial charge is 0.370 e. The van der Waals surface area contributed by atoms with Crippen molar-refractivity contribution in [3.63, 3.8) is 0 Å². The highest BCUT2D eigenvalue weighted by Crippen LogP contribution is 2.16. The number of carbonyl (C=O) groups is 1. The van der Waals surface area contributed by atoms with E-state index in [9.17, 15) is 13.2 Å². The van der Waals surface area contributed by atoms with Crippen LogP contribution in [0.15, 0.2) is 29.2 Å². The van der Waals surface area contributed by atoms with Gasteiger partial charge in [0.2, 0.25) is 10.0 Å². The minimum Gasteiger partial charge on any atom is -0.370 e. The zero-order valence-electron chi connectivity index (χ0n) is 12.8. The SMILES string of the molecule is CN(C)S(=O)(=O)c1ccc(NC(=O)C[NH+]2CCOCC2)cc1. The molecule has 1 saturated heterocycles. The summed E-state index contributed by atoms with van der Waals surface area (Å²) in [6.07, 6.45) is 0. The molecule has 1 aromatic carbocycles. The van der Waals surface area contributed by atoms with Crippen LogP contribution in [0.5, 0.6) is 0 Å². The zero-order valence-corrected chi connectivity index (χ0v) is 13.6. The van der Waals surface area contributed by atoms with E-state index in [0.29, 0.717) is 25.4 Å². The molecule has 2 N–H and O–H groups in total. The number of rotatable bonds is 5. The lowest BCUT2D eigenvalue weighted by Crippen LogP contribution is -3.15. The number of ether oxygens (including phenoxy) is 1. The van der Waals surface area contributed by atoms with Gasteiger partial charge in [0.15, 0.2) is 6.54 Å². The topological polar surface area (TPSA) is 80.2 Å². The van der Waals surface area contributed by atoms with E-state index in [2.05, 4.69) is 5.32 Å². The minimum atomic E-state index is -3.44. The summed E-state index contributed by atoms with van der Waals surface area (Å²) in [5.74, 6) is -0.0832. The van der Waals surface area contributed by atoms with Crippen LogP contribution in [-0.2, 0) is 19.6 Å². The Morgan fingerprint density at radius 1 is 1.23 bits per heavy atom. The van der Waals surface area contributed by atoms with E-state index in [1.807, 2.05) is 0 Å². The smallest absolute Gasteiger partial charge is 0.279 e. The van der Waals surface area contributed by atoms with E-state index in [4.69, 9.17) is 4.74 Å². The van der Waals surface area contributed by atoms with Crippen molar-refractivity contribution >= 4 is 21.6 Å². The molecule has 2 rings (SSSR count). The number of nitrogens with one attached hydrogen (secondary N) is 2. The fraction of sp³-hybridized carbons (Fsp3) is 0.500. The molecule has 0 spiro atoms. The van der Waals surface area contributed by atoms with Crippen LogP contribution in [0.25, 0.3) is 0 Å². The monoisotopic (exact) mass is 328 g/mol. The maximum absolute atomic E-state index is 12.0. The number of morpholine rings is 1. The van der Waals surface area contributed by atoms with Gasteiger partial charge in [0.1, 0.15) is 13.1 Å². The second-order valence-corrected chi connectivity index (χ2v) is 7.55. The summed E-state index contributed by atoms with van der Waals surface area (Å²) in [6.45, 7) is 3.40. The Morgan fingerprint density at radius 3 is 2.36 bits per heavy atom. The lowest BCUT2D eigenvalue weighted by atomic mass is 10.3. The van der Waals surface area contributed by atoms with Gasteiger partial charge in [0.25, 0.3) is 5.91 Å². The molecule has 122 valence electrons. The summed E-state index contributed by atoms with van der Waals surface area (Å²) in [5, 5.41) is 2.79. The molecule has 0 radical (unpaired) electrons. The molecule has 8 heteroatoms. The fourth-order valence-corrected chi connectivity index (χ4v) is 3.09. The predicted octanol–water partition coefficient (Wildman–Crippen LogP) is -1.21. The molecule has 22 heavy (non-hydrogen) atoms. The Labute approximate surface area is 130 Å². The molecule has 0 aromatic heterocycles. The van der Waals surface area contributed by atoms with Crippen LogP contribution in [0, 0.1) is 0 Å². The molecule has 1 aliphatic heterocycles. The van der Waals surface area contributed by atoms with Crippen molar-refractivity contribution in [2.24, 2.45) is 0 Å². The molecular formula is C14H22N3O4S+. The highest BCUT2D eigenvalue weighted by molar-refractivity contribution is 7.89. The van der Waals surface area contributed by atoms with Gasteiger partial charge in [-0.2, -0.15) is 0 Å². The summed E-state index contributed by atoms with van der Waals surface area (Å²) in [7, 11) is -0.478. The molecule has 0 bridgehead atoms. The number of amides is 1. The average molecular weight is 328 g/mol. The van der Waals surface area contributed by atoms with Gasteiger partial charge in [0, 0.05) is 19.8 Å². The van der Waals surface area contributed by atoms with E-state index in [1.54, 1.807) is 12.1 Å². The third kappa shape index (κ3) is 4.26. The first-order valence-electron chi connectivity index (χ1n) is 7.13. The molecule has 7 nitrogen and oxygen atoms in total. The molecule has 0 atom stereocenters. The van der Waals surface area contributed by atoms with Gasteiger partial charge < -0.3 is 15.0 Å². The van der Waals surface area contributed by atoms with Gasteiger partial charge in [-0.25, -0.2) is 12.7 Å². The van der Waals surface area contributed by atoms with Crippen molar-refractivity contribution in [2.45, 2.75) is 4.90 Å². The van der Waals surface area contributed by atoms with Crippen LogP contribution in [0.1, 0.15) is 0 Å². The fourth-order valence-electron chi connectivity index (χ4n) is 2.19. The lowest BCUT2D eigenvalue weighted by molar-refractivity contribution is -0.899. The van der Waals surface area contributed by atoms with Gasteiger partial charge >= 0.3 is 0 Å². The Hall–Kier alpha value is -1.48. The average Bonchev–Trinajstić information content (AvgIpc) is 2.48. The summed E-state index contributed by atoms with van der Waals surface area (Å²) >= 11 is 0. The van der Waals surface area contributed by atoms with Crippen molar-refractivity contribution in [1.82, 2.24) is 4.31 Å². The summed E-state index contributed by atoms with van der Waals surface area (Å²) in [6, 6.07) is 6.19. The molecule has 1 amide bonds. The standard InChI is InChI=1S/C14H21N3O4S/c1-16(2)22(19,20)13-5-3-12(4-6-13)15-14(18)11-17-7-9-21-10-8-17/h3-6H,7-11H2,1-2H3,(H,15,18)/p+1. The molecule has 1 aromatic rings. The molecule has 1 aliphatic rings. The predicted molar refractivity (Wildman–Crippen MR) is 82.3 cm³/mol. The normalized spacial score (nSPS) is 16.7. The third-order valence-electron chi connectivity index (χ3n) is 3.53. The number of nitrogens with zero attached hydrogens (tertiary/aromatic N) is 1. The maximum atomic E-state index is 12.0. The minimum absolute atomic E-state index is 0.0832. The van der Waals surface area contributed by atoms with Crippen molar-refractivity contribution in [3.05, 3.63) is 24.3 Å². The number of anilines is 1. The summed E-state index contributed by atoms with van der Waals surface area (Å²) < 4.78 is 30.3. The van der Waals surface area contributed by atoms with Crippen molar-refractivity contribution in [3.8, 4) is 0 Å². The van der Waals surface area contributed by atoms with Crippen LogP contribution in [0.4, 0.5) is 5.69 Å². The van der Waals surface area contributed by atoms with Crippen LogP contribution >= 0.6 is 0 Å². The zero-order chi connectivity index (χ0) is 16.2. The van der Waals surface area contributed by atoms with Gasteiger partial charge in [-0.1, -0.05) is 0 Å². The molecule has 1 heterocycles. The quantitative estimate of drug-likeness (QED) is 0.711. The van der Waals surface area contributed by atoms with Crippen LogP contribution in [0.3, 0.4) is 0 Å². The summed E-state index contributed by atoms with van der Waals surface area (Å²) in [5.41, 5.74) is 0.593. The van der Waals surface area contributed by atoms with Crippen molar-refractivity contribution in [1.29, 1.82) is 0 Å². The first-order chi connectivity index (χ1) is 10.4. The highest BCUT2D eigenvalue weighted by Gasteiger charge is 2.19. The number of benzene rings is 1. The first kappa shape index (κ1) is 16.9. The number of quaternary nitrogens is 1. The van der Waals surface area contributed by atoms with Crippen LogP contribution < -0.4 is 10.2 Å². The van der Waals surface area contributed by atoms with Gasteiger partial charge in [-0.3, -0.25) is 4.79 Å². The van der Waals surface area contributed by atoms with E-state index in [-0.39, 0.29) is 10.8 Å². The molecule has 1 fully saturated rings. The molecule has 0 saturated carbocycles. The second kappa shape index (κ2) is 7.19. The van der Waals surface area contributed by atoms with Gasteiger partial charge in [-0.15, -0.1) is 0 Å². The van der Waals surface area contributed by atoms with Crippen LogP contribution in [0.2, 0.25) is 0 Å². The Bertz CT molecular complexity index is 607. The lowest BCUT2D eigenvalue weighted by Gasteiger charge is -2.23. The van der Waals surface area contributed by atoms with Gasteiger partial charge in [0.05, 0.1) is 18.1 Å². The first-order valence-corrected chi connectivity index (χ1v) is 8.57. The molecule has 0 unspecified atom stereocenters. The van der Waals surface area contributed by atoms with E-state index >= 15 is 0 Å². The Morgan fingerprint density at radius 2 is 1.82 bits per heavy atom. The molecular weight excluding hydrogens is 306 g/mol. The Kier molecular flexibility index (Phi) is 5.52. The van der Waals surface area contributed by atoms with E-state index in [1.165, 1.54) is 31.1 Å². The molecule has 0 aliphatic carbocycles. The summed E-state index contributed by atoms with van der Waals surface area (Å²) in [4.78, 5) is 13.4. The highest BCUT2D eigenvalue weighted by atomic mass is 32.2. The number of hydrogen-bond acceptors (Lipinski definition) is 4. The van der Waals surface area contributed by atoms with Crippen molar-refractivity contribution in [2.75, 3.05) is 52.3 Å². The van der Waals surface area contributed by atoms with Crippen LogP contribution in [-0.4, -0.2) is 65.6 Å². The van der Waals surface area contributed by atoms with Gasteiger partial charge in [-0.05, 0) is 24.3 Å². The van der Waals surface area contributed by atoms with E-state index < -0.39 is 10.0 Å². The van der Waals surface area contributed by atoms with E-state index in [0.717, 1.165) is 17.4 Å². The van der Waals surface area contributed by atoms with Crippen molar-refractivity contribution < 1.29 is 22.8 Å². The second-order valence-electron chi connectivity index (χ2n) is 5.40. The third-order valence-corrected chi connectivity index (χ3v) is 5.36. The number of sulfonamides is 1. The Balaban J connectivity index is 1.95. The maximum Gasteiger partial charge on any atom is 0.279 e.